The molecule has 3 aliphatic rings. The lowest BCUT2D eigenvalue weighted by Gasteiger charge is -2.40. The third-order valence-electron chi connectivity index (χ3n) is 7.62. The average Bonchev–Trinajstić information content (AvgIpc) is 3.52. The summed E-state index contributed by atoms with van der Waals surface area (Å²) in [6, 6.07) is 19.8. The van der Waals surface area contributed by atoms with Gasteiger partial charge >= 0.3 is 0 Å². The molecule has 2 aromatic carbocycles. The topological polar surface area (TPSA) is 43.8 Å². The number of rotatable bonds is 4. The van der Waals surface area contributed by atoms with Crippen molar-refractivity contribution in [2.75, 3.05) is 32.0 Å². The number of aryl methyl sites for hydroxylation is 1. The van der Waals surface area contributed by atoms with E-state index < -0.39 is 0 Å². The van der Waals surface area contributed by atoms with Crippen molar-refractivity contribution < 1.29 is 0 Å². The fraction of sp³-hybridized carbons (Fsp3) is 0.429. The monoisotopic (exact) mass is 543 g/mol. The quantitative estimate of drug-likeness (QED) is 0.383. The number of likely N-dealkylation sites (N-methyl/N-ethyl adjacent to an activating group) is 1. The minimum atomic E-state index is 0. The first-order valence-electron chi connectivity index (χ1n) is 12.7. The summed E-state index contributed by atoms with van der Waals surface area (Å²) in [5.41, 5.74) is 4.55. The van der Waals surface area contributed by atoms with Crippen molar-refractivity contribution in [1.82, 2.24) is 14.8 Å². The second-order valence-corrected chi connectivity index (χ2v) is 10.9. The van der Waals surface area contributed by atoms with Gasteiger partial charge in [0.05, 0.1) is 16.4 Å². The predicted octanol–water partition coefficient (Wildman–Crippen LogP) is 7.03. The van der Waals surface area contributed by atoms with Crippen LogP contribution >= 0.6 is 36.2 Å². The fourth-order valence-corrected chi connectivity index (χ4v) is 6.68. The van der Waals surface area contributed by atoms with E-state index >= 15 is 0 Å². The minimum absolute atomic E-state index is 0. The number of piperazine rings is 1. The smallest absolute Gasteiger partial charge is 0.158 e. The number of fused-ring (bicyclic) bond motifs is 2. The van der Waals surface area contributed by atoms with Crippen LogP contribution in [0.2, 0.25) is 0 Å². The molecule has 0 bridgehead atoms. The van der Waals surface area contributed by atoms with Crippen LogP contribution in [0.3, 0.4) is 0 Å². The molecular weight excluding hydrogens is 509 g/mol. The summed E-state index contributed by atoms with van der Waals surface area (Å²) in [6.45, 7) is 3.01. The Morgan fingerprint density at radius 2 is 1.72 bits per heavy atom. The number of aromatic nitrogens is 1. The maximum atomic E-state index is 5.24. The van der Waals surface area contributed by atoms with Crippen LogP contribution in [0.15, 0.2) is 59.6 Å². The standard InChI is InChI=1S/C28H33N5S.2ClH/c1-32-17-18-33(19-22(32)16-15-20-9-3-2-4-10-20)26-25-28(30-24-14-8-7-13-23(24)29-26)34-27(31-25)21-11-5-6-12-21;;/h2-4,7-10,13-14,21-22,30H,5-6,11-12,15-19H2,1H3;2*1H/t22-;;/m0../s1. The summed E-state index contributed by atoms with van der Waals surface area (Å²) in [5.74, 6) is 1.66. The Hall–Kier alpha value is -2.12. The lowest BCUT2D eigenvalue weighted by atomic mass is 10.0. The first-order valence-corrected chi connectivity index (χ1v) is 13.5. The van der Waals surface area contributed by atoms with Crippen molar-refractivity contribution in [3.05, 3.63) is 70.9 Å². The summed E-state index contributed by atoms with van der Waals surface area (Å²) in [5, 5.41) is 6.13. The Kier molecular flexibility index (Phi) is 8.94. The Morgan fingerprint density at radius 1 is 0.972 bits per heavy atom. The number of halogens is 2. The summed E-state index contributed by atoms with van der Waals surface area (Å²) in [7, 11) is 2.27. The normalized spacial score (nSPS) is 19.8. The Bertz CT molecular complexity index is 1180. The van der Waals surface area contributed by atoms with Crippen molar-refractivity contribution in [2.45, 2.75) is 50.5 Å². The van der Waals surface area contributed by atoms with Gasteiger partial charge in [0.15, 0.2) is 5.84 Å². The molecule has 1 aromatic heterocycles. The maximum absolute atomic E-state index is 5.24. The van der Waals surface area contributed by atoms with E-state index in [-0.39, 0.29) is 24.8 Å². The molecule has 0 unspecified atom stereocenters. The molecule has 0 amide bonds. The van der Waals surface area contributed by atoms with Crippen LogP contribution in [-0.4, -0.2) is 53.3 Å². The van der Waals surface area contributed by atoms with Gasteiger partial charge in [-0.25, -0.2) is 9.98 Å². The molecule has 6 rings (SSSR count). The molecule has 3 aromatic rings. The van der Waals surface area contributed by atoms with Crippen LogP contribution < -0.4 is 5.32 Å². The zero-order chi connectivity index (χ0) is 22.9. The van der Waals surface area contributed by atoms with E-state index in [0.717, 1.165) is 60.4 Å². The van der Waals surface area contributed by atoms with Crippen LogP contribution in [0, 0.1) is 0 Å². The van der Waals surface area contributed by atoms with E-state index in [1.807, 2.05) is 11.3 Å². The number of aliphatic imine (C=N–C) groups is 1. The molecule has 2 aliphatic heterocycles. The van der Waals surface area contributed by atoms with Crippen molar-refractivity contribution in [3.63, 3.8) is 0 Å². The molecule has 1 saturated carbocycles. The van der Waals surface area contributed by atoms with Gasteiger partial charge in [0, 0.05) is 31.6 Å². The van der Waals surface area contributed by atoms with Crippen molar-refractivity contribution in [1.29, 1.82) is 0 Å². The van der Waals surface area contributed by atoms with Gasteiger partial charge in [-0.1, -0.05) is 55.3 Å². The summed E-state index contributed by atoms with van der Waals surface area (Å²) < 4.78 is 0. The van der Waals surface area contributed by atoms with Crippen LogP contribution in [0.5, 0.6) is 0 Å². The van der Waals surface area contributed by atoms with Crippen LogP contribution in [0.25, 0.3) is 0 Å². The largest absolute Gasteiger partial charge is 0.352 e. The first kappa shape index (κ1) is 26.9. The van der Waals surface area contributed by atoms with E-state index in [0.29, 0.717) is 12.0 Å². The number of amidine groups is 1. The lowest BCUT2D eigenvalue weighted by molar-refractivity contribution is 0.134. The number of para-hydroxylation sites is 2. The molecule has 0 radical (unpaired) electrons. The number of anilines is 2. The van der Waals surface area contributed by atoms with Gasteiger partial charge in [-0.3, -0.25) is 4.90 Å². The van der Waals surface area contributed by atoms with Crippen molar-refractivity contribution in [2.24, 2.45) is 4.99 Å². The van der Waals surface area contributed by atoms with Crippen molar-refractivity contribution in [3.8, 4) is 0 Å². The fourth-order valence-electron chi connectivity index (χ4n) is 5.54. The predicted molar refractivity (Wildman–Crippen MR) is 156 cm³/mol. The number of hydrogen-bond acceptors (Lipinski definition) is 6. The van der Waals surface area contributed by atoms with Gasteiger partial charge in [-0.15, -0.1) is 36.2 Å². The SMILES string of the molecule is CN1CCN(C2=Nc3ccccc3Nc3sc(C4CCCC4)nc32)C[C@@H]1CCc1ccccc1.Cl.Cl. The van der Waals surface area contributed by atoms with Gasteiger partial charge in [0.1, 0.15) is 10.7 Å². The number of nitrogens with zero attached hydrogens (tertiary/aromatic N) is 4. The first-order chi connectivity index (χ1) is 16.7. The third-order valence-corrected chi connectivity index (χ3v) is 8.76. The van der Waals surface area contributed by atoms with Crippen LogP contribution in [0.4, 0.5) is 16.4 Å². The zero-order valence-corrected chi connectivity index (χ0v) is 23.2. The molecule has 3 heterocycles. The van der Waals surface area contributed by atoms with E-state index in [1.165, 1.54) is 36.3 Å². The highest BCUT2D eigenvalue weighted by atomic mass is 35.5. The van der Waals surface area contributed by atoms with E-state index in [4.69, 9.17) is 9.98 Å². The highest BCUT2D eigenvalue weighted by Gasteiger charge is 2.32. The minimum Gasteiger partial charge on any atom is -0.352 e. The second-order valence-electron chi connectivity index (χ2n) is 9.89. The molecule has 5 nitrogen and oxygen atoms in total. The molecule has 1 N–H and O–H groups in total. The van der Waals surface area contributed by atoms with Crippen LogP contribution in [0.1, 0.15) is 54.3 Å². The van der Waals surface area contributed by atoms with E-state index in [9.17, 15) is 0 Å². The number of hydrogen-bond donors (Lipinski definition) is 1. The van der Waals surface area contributed by atoms with E-state index in [2.05, 4.69) is 76.8 Å². The Balaban J connectivity index is 0.00000152. The van der Waals surface area contributed by atoms with Gasteiger partial charge < -0.3 is 10.2 Å². The van der Waals surface area contributed by atoms with Crippen LogP contribution in [-0.2, 0) is 6.42 Å². The molecule has 192 valence electrons. The number of benzene rings is 2. The molecule has 0 spiro atoms. The molecule has 36 heavy (non-hydrogen) atoms. The van der Waals surface area contributed by atoms with Gasteiger partial charge in [-0.2, -0.15) is 0 Å². The highest BCUT2D eigenvalue weighted by molar-refractivity contribution is 7.16. The summed E-state index contributed by atoms with van der Waals surface area (Å²) in [4.78, 5) is 15.5. The van der Waals surface area contributed by atoms with Gasteiger partial charge in [-0.05, 0) is 50.4 Å². The molecular formula is C28H35Cl2N5S. The lowest BCUT2D eigenvalue weighted by Crippen LogP contribution is -2.53. The molecule has 1 aliphatic carbocycles. The van der Waals surface area contributed by atoms with Gasteiger partial charge in [0.2, 0.25) is 0 Å². The average molecular weight is 545 g/mol. The summed E-state index contributed by atoms with van der Waals surface area (Å²) >= 11 is 1.85. The zero-order valence-electron chi connectivity index (χ0n) is 20.7. The van der Waals surface area contributed by atoms with Crippen molar-refractivity contribution >= 4 is 58.4 Å². The highest BCUT2D eigenvalue weighted by Crippen LogP contribution is 2.43. The number of thiazole rings is 1. The molecule has 1 saturated heterocycles. The maximum Gasteiger partial charge on any atom is 0.158 e. The second kappa shape index (κ2) is 12.0. The number of nitrogens with one attached hydrogen (secondary N) is 1. The molecule has 2 fully saturated rings. The van der Waals surface area contributed by atoms with E-state index in [1.54, 1.807) is 0 Å². The molecule has 8 heteroatoms. The Labute approximate surface area is 230 Å². The third kappa shape index (κ3) is 5.57. The van der Waals surface area contributed by atoms with Gasteiger partial charge in [0.25, 0.3) is 0 Å². The Morgan fingerprint density at radius 3 is 2.53 bits per heavy atom. The molecule has 1 atom stereocenters. The summed E-state index contributed by atoms with van der Waals surface area (Å²) in [6.07, 6.45) is 7.45.